The fourth-order valence-electron chi connectivity index (χ4n) is 1.36. The summed E-state index contributed by atoms with van der Waals surface area (Å²) in [6.07, 6.45) is 3.24. The van der Waals surface area contributed by atoms with Gasteiger partial charge < -0.3 is 0 Å². The van der Waals surface area contributed by atoms with Crippen LogP contribution in [0.2, 0.25) is 0 Å². The lowest BCUT2D eigenvalue weighted by atomic mass is 10.2. The van der Waals surface area contributed by atoms with E-state index >= 15 is 0 Å². The van der Waals surface area contributed by atoms with Crippen LogP contribution in [0.1, 0.15) is 37.0 Å². The zero-order valence-corrected chi connectivity index (χ0v) is 8.75. The highest BCUT2D eigenvalue weighted by molar-refractivity contribution is 5.10. The second-order valence-electron chi connectivity index (χ2n) is 3.33. The highest BCUT2D eigenvalue weighted by Gasteiger charge is 2.01. The lowest BCUT2D eigenvalue weighted by Gasteiger charge is -2.03. The van der Waals surface area contributed by atoms with Crippen LogP contribution >= 0.6 is 0 Å². The van der Waals surface area contributed by atoms with Gasteiger partial charge in [0.25, 0.3) is 0 Å². The van der Waals surface area contributed by atoms with Gasteiger partial charge in [0.05, 0.1) is 6.07 Å². The molecule has 3 heteroatoms. The van der Waals surface area contributed by atoms with Gasteiger partial charge in [-0.15, -0.1) is 0 Å². The molecule has 0 amide bonds. The van der Waals surface area contributed by atoms with Gasteiger partial charge in [-0.1, -0.05) is 13.3 Å². The van der Waals surface area contributed by atoms with E-state index in [4.69, 9.17) is 5.26 Å². The maximum atomic E-state index is 8.46. The van der Waals surface area contributed by atoms with Crippen molar-refractivity contribution in [2.24, 2.45) is 0 Å². The molecule has 0 atom stereocenters. The van der Waals surface area contributed by atoms with Crippen molar-refractivity contribution < 1.29 is 0 Å². The molecule has 0 N–H and O–H groups in total. The third-order valence-corrected chi connectivity index (χ3v) is 1.92. The molecule has 1 aromatic heterocycles. The molecule has 1 rings (SSSR count). The molecule has 0 fully saturated rings. The minimum Gasteiger partial charge on any atom is -0.238 e. The van der Waals surface area contributed by atoms with Crippen molar-refractivity contribution in [2.75, 3.05) is 0 Å². The van der Waals surface area contributed by atoms with Crippen LogP contribution < -0.4 is 0 Å². The first-order chi connectivity index (χ1) is 6.76. The van der Waals surface area contributed by atoms with Crippen molar-refractivity contribution in [1.82, 2.24) is 9.97 Å². The highest BCUT2D eigenvalue weighted by atomic mass is 14.9. The average Bonchev–Trinajstić information content (AvgIpc) is 2.14. The standard InChI is InChI=1S/C11H15N3/c1-3-5-10-8-9(2)13-11(14-10)6-4-7-12/h8H,3-6H2,1-2H3. The first kappa shape index (κ1) is 10.6. The van der Waals surface area contributed by atoms with E-state index in [1.54, 1.807) is 0 Å². The second-order valence-corrected chi connectivity index (χ2v) is 3.33. The number of nitriles is 1. The molecular formula is C11H15N3. The van der Waals surface area contributed by atoms with Gasteiger partial charge in [-0.05, 0) is 19.4 Å². The summed E-state index contributed by atoms with van der Waals surface area (Å²) in [5.74, 6) is 0.801. The van der Waals surface area contributed by atoms with Crippen molar-refractivity contribution in [3.8, 4) is 6.07 Å². The monoisotopic (exact) mass is 189 g/mol. The Bertz CT molecular complexity index is 339. The smallest absolute Gasteiger partial charge is 0.129 e. The molecular weight excluding hydrogens is 174 g/mol. The molecule has 3 nitrogen and oxygen atoms in total. The summed E-state index contributed by atoms with van der Waals surface area (Å²) >= 11 is 0. The van der Waals surface area contributed by atoms with Crippen LogP contribution in [0.15, 0.2) is 6.07 Å². The van der Waals surface area contributed by atoms with Gasteiger partial charge in [-0.2, -0.15) is 5.26 Å². The average molecular weight is 189 g/mol. The Labute approximate surface area is 84.8 Å². The second kappa shape index (κ2) is 5.33. The largest absolute Gasteiger partial charge is 0.238 e. The van der Waals surface area contributed by atoms with Gasteiger partial charge in [0, 0.05) is 24.2 Å². The van der Waals surface area contributed by atoms with Crippen molar-refractivity contribution in [3.63, 3.8) is 0 Å². The van der Waals surface area contributed by atoms with Gasteiger partial charge in [-0.25, -0.2) is 9.97 Å². The molecule has 0 spiro atoms. The highest BCUT2D eigenvalue weighted by Crippen LogP contribution is 2.04. The minimum atomic E-state index is 0.495. The summed E-state index contributed by atoms with van der Waals surface area (Å²) in [5, 5.41) is 8.46. The predicted octanol–water partition coefficient (Wildman–Crippen LogP) is 2.19. The Balaban J connectivity index is 2.79. The SMILES string of the molecule is CCCc1cc(C)nc(CCC#N)n1. The van der Waals surface area contributed by atoms with Crippen molar-refractivity contribution >= 4 is 0 Å². The summed E-state index contributed by atoms with van der Waals surface area (Å²) in [6, 6.07) is 4.12. The molecule has 0 unspecified atom stereocenters. The van der Waals surface area contributed by atoms with E-state index in [-0.39, 0.29) is 0 Å². The van der Waals surface area contributed by atoms with Gasteiger partial charge in [0.2, 0.25) is 0 Å². The molecule has 1 aromatic rings. The Morgan fingerprint density at radius 2 is 2.14 bits per heavy atom. The fourth-order valence-corrected chi connectivity index (χ4v) is 1.36. The molecule has 74 valence electrons. The number of aromatic nitrogens is 2. The van der Waals surface area contributed by atoms with E-state index in [9.17, 15) is 0 Å². The third-order valence-electron chi connectivity index (χ3n) is 1.92. The summed E-state index contributed by atoms with van der Waals surface area (Å²) in [7, 11) is 0. The number of nitrogens with zero attached hydrogens (tertiary/aromatic N) is 3. The number of rotatable bonds is 4. The zero-order valence-electron chi connectivity index (χ0n) is 8.75. The Hall–Kier alpha value is -1.43. The molecule has 1 heterocycles. The van der Waals surface area contributed by atoms with E-state index in [0.29, 0.717) is 12.8 Å². The maximum Gasteiger partial charge on any atom is 0.129 e. The fraction of sp³-hybridized carbons (Fsp3) is 0.545. The number of aryl methyl sites for hydroxylation is 3. The summed E-state index contributed by atoms with van der Waals surface area (Å²) in [6.45, 7) is 4.10. The van der Waals surface area contributed by atoms with Gasteiger partial charge in [0.15, 0.2) is 0 Å². The van der Waals surface area contributed by atoms with Crippen molar-refractivity contribution in [1.29, 1.82) is 5.26 Å². The van der Waals surface area contributed by atoms with Crippen LogP contribution in [-0.2, 0) is 12.8 Å². The quantitative estimate of drug-likeness (QED) is 0.729. The van der Waals surface area contributed by atoms with Crippen LogP contribution in [0.4, 0.5) is 0 Å². The van der Waals surface area contributed by atoms with Crippen molar-refractivity contribution in [3.05, 3.63) is 23.3 Å². The van der Waals surface area contributed by atoms with Gasteiger partial charge in [-0.3, -0.25) is 0 Å². The molecule has 0 bridgehead atoms. The molecule has 0 aliphatic rings. The van der Waals surface area contributed by atoms with Gasteiger partial charge in [0.1, 0.15) is 5.82 Å². The zero-order chi connectivity index (χ0) is 10.4. The minimum absolute atomic E-state index is 0.495. The topological polar surface area (TPSA) is 49.6 Å². The van der Waals surface area contributed by atoms with Crippen LogP contribution in [0.3, 0.4) is 0 Å². The summed E-state index contributed by atoms with van der Waals surface area (Å²) in [4.78, 5) is 8.69. The van der Waals surface area contributed by atoms with E-state index in [2.05, 4.69) is 23.0 Å². The van der Waals surface area contributed by atoms with Crippen molar-refractivity contribution in [2.45, 2.75) is 39.5 Å². The first-order valence-corrected chi connectivity index (χ1v) is 4.96. The predicted molar refractivity (Wildman–Crippen MR) is 54.7 cm³/mol. The molecule has 14 heavy (non-hydrogen) atoms. The lowest BCUT2D eigenvalue weighted by Crippen LogP contribution is -2.01. The Morgan fingerprint density at radius 3 is 2.79 bits per heavy atom. The normalized spacial score (nSPS) is 9.79. The number of hydrogen-bond donors (Lipinski definition) is 0. The maximum absolute atomic E-state index is 8.46. The molecule has 0 radical (unpaired) electrons. The van der Waals surface area contributed by atoms with Crippen LogP contribution in [0.5, 0.6) is 0 Å². The Kier molecular flexibility index (Phi) is 4.06. The van der Waals surface area contributed by atoms with Crippen LogP contribution in [0.25, 0.3) is 0 Å². The molecule has 0 saturated carbocycles. The van der Waals surface area contributed by atoms with E-state index in [1.807, 2.05) is 13.0 Å². The molecule has 0 saturated heterocycles. The summed E-state index contributed by atoms with van der Waals surface area (Å²) < 4.78 is 0. The van der Waals surface area contributed by atoms with E-state index in [1.165, 1.54) is 0 Å². The third kappa shape index (κ3) is 3.14. The molecule has 0 aliphatic heterocycles. The van der Waals surface area contributed by atoms with E-state index < -0.39 is 0 Å². The van der Waals surface area contributed by atoms with Crippen LogP contribution in [-0.4, -0.2) is 9.97 Å². The molecule has 0 aromatic carbocycles. The molecule has 0 aliphatic carbocycles. The van der Waals surface area contributed by atoms with Crippen LogP contribution in [0, 0.1) is 18.3 Å². The number of hydrogen-bond acceptors (Lipinski definition) is 3. The van der Waals surface area contributed by atoms with Gasteiger partial charge >= 0.3 is 0 Å². The lowest BCUT2D eigenvalue weighted by molar-refractivity contribution is 0.806. The first-order valence-electron chi connectivity index (χ1n) is 4.96. The summed E-state index contributed by atoms with van der Waals surface area (Å²) in [5.41, 5.74) is 2.09. The van der Waals surface area contributed by atoms with E-state index in [0.717, 1.165) is 30.1 Å². The Morgan fingerprint density at radius 1 is 1.36 bits per heavy atom.